The number of hydrogen-bond acceptors (Lipinski definition) is 7. The molecular weight excluding hydrogens is 470 g/mol. The molecule has 0 N–H and O–H groups in total. The highest BCUT2D eigenvalue weighted by molar-refractivity contribution is 6.04. The van der Waals surface area contributed by atoms with Crippen LogP contribution in [0.2, 0.25) is 0 Å². The lowest BCUT2D eigenvalue weighted by Crippen LogP contribution is -2.49. The Morgan fingerprint density at radius 1 is 1.05 bits per heavy atom. The lowest BCUT2D eigenvalue weighted by molar-refractivity contribution is -0.152. The summed E-state index contributed by atoms with van der Waals surface area (Å²) in [6.45, 7) is 7.01. The van der Waals surface area contributed by atoms with Gasteiger partial charge >= 0.3 is 5.97 Å². The molecule has 0 saturated carbocycles. The van der Waals surface area contributed by atoms with E-state index < -0.39 is 6.04 Å². The Kier molecular flexibility index (Phi) is 8.48. The molecule has 1 fully saturated rings. The zero-order chi connectivity index (χ0) is 26.5. The summed E-state index contributed by atoms with van der Waals surface area (Å²) in [6.07, 6.45) is 3.13. The third-order valence-electron chi connectivity index (χ3n) is 7.18. The van der Waals surface area contributed by atoms with Crippen molar-refractivity contribution in [1.29, 1.82) is 0 Å². The van der Waals surface area contributed by atoms with Crippen LogP contribution in [0.3, 0.4) is 0 Å². The molecule has 1 saturated heterocycles. The number of methoxy groups -OCH3 is 2. The van der Waals surface area contributed by atoms with Gasteiger partial charge in [0.2, 0.25) is 0 Å². The molecule has 37 heavy (non-hydrogen) atoms. The van der Waals surface area contributed by atoms with Crippen LogP contribution in [0.15, 0.2) is 41.5 Å². The second-order valence-corrected chi connectivity index (χ2v) is 9.67. The minimum Gasteiger partial charge on any atom is -0.497 e. The number of esters is 1. The highest BCUT2D eigenvalue weighted by Crippen LogP contribution is 2.39. The standard InChI is InChI=1S/C29H37N3O5/c1-6-37-29(34)25-9-7-8-14-31(25)18-28(33)32-26(22-13-12-21(35-4)16-27(22)36-5)17-24(30-32)23-15-19(2)10-11-20(23)3/h10-13,15-16,25-26H,6-9,14,17-18H2,1-5H3. The fourth-order valence-electron chi connectivity index (χ4n) is 5.22. The van der Waals surface area contributed by atoms with Crippen LogP contribution in [0.25, 0.3) is 0 Å². The number of piperidine rings is 1. The zero-order valence-electron chi connectivity index (χ0n) is 22.5. The molecule has 2 aromatic rings. The Morgan fingerprint density at radius 3 is 2.59 bits per heavy atom. The van der Waals surface area contributed by atoms with Crippen LogP contribution in [0.5, 0.6) is 11.5 Å². The van der Waals surface area contributed by atoms with Crippen LogP contribution in [0, 0.1) is 13.8 Å². The minimum absolute atomic E-state index is 0.0992. The lowest BCUT2D eigenvalue weighted by Gasteiger charge is -2.34. The summed E-state index contributed by atoms with van der Waals surface area (Å²) in [5.41, 5.74) is 5.00. The van der Waals surface area contributed by atoms with Gasteiger partial charge in [-0.25, -0.2) is 5.01 Å². The van der Waals surface area contributed by atoms with Crippen molar-refractivity contribution >= 4 is 17.6 Å². The molecular formula is C29H37N3O5. The van der Waals surface area contributed by atoms with Crippen molar-refractivity contribution in [2.24, 2.45) is 5.10 Å². The maximum absolute atomic E-state index is 13.8. The van der Waals surface area contributed by atoms with Crippen LogP contribution in [0.4, 0.5) is 0 Å². The monoisotopic (exact) mass is 507 g/mol. The second kappa shape index (κ2) is 11.8. The number of carbonyl (C=O) groups is 2. The number of hydrazone groups is 1. The van der Waals surface area contributed by atoms with E-state index in [-0.39, 0.29) is 24.5 Å². The Morgan fingerprint density at radius 2 is 1.86 bits per heavy atom. The average molecular weight is 508 g/mol. The molecule has 2 aromatic carbocycles. The van der Waals surface area contributed by atoms with Crippen LogP contribution >= 0.6 is 0 Å². The first kappa shape index (κ1) is 26.7. The van der Waals surface area contributed by atoms with Gasteiger partial charge in [0.1, 0.15) is 17.5 Å². The Labute approximate surface area is 219 Å². The summed E-state index contributed by atoms with van der Waals surface area (Å²) < 4.78 is 16.4. The van der Waals surface area contributed by atoms with Crippen LogP contribution in [-0.4, -0.2) is 67.5 Å². The SMILES string of the molecule is CCOC(=O)C1CCCCN1CC(=O)N1N=C(c2cc(C)ccc2C)CC1c1ccc(OC)cc1OC. The number of benzene rings is 2. The van der Waals surface area contributed by atoms with E-state index >= 15 is 0 Å². The first-order valence-corrected chi connectivity index (χ1v) is 13.0. The van der Waals surface area contributed by atoms with E-state index in [9.17, 15) is 9.59 Å². The first-order valence-electron chi connectivity index (χ1n) is 13.0. The molecule has 8 nitrogen and oxygen atoms in total. The highest BCUT2D eigenvalue weighted by Gasteiger charge is 2.38. The third-order valence-corrected chi connectivity index (χ3v) is 7.18. The van der Waals surface area contributed by atoms with Crippen molar-refractivity contribution in [1.82, 2.24) is 9.91 Å². The molecule has 2 heterocycles. The van der Waals surface area contributed by atoms with E-state index in [1.807, 2.05) is 23.1 Å². The van der Waals surface area contributed by atoms with Gasteiger partial charge in [0.25, 0.3) is 5.91 Å². The number of aryl methyl sites for hydroxylation is 2. The molecule has 2 aliphatic heterocycles. The number of hydrogen-bond donors (Lipinski definition) is 0. The lowest BCUT2D eigenvalue weighted by atomic mass is 9.94. The summed E-state index contributed by atoms with van der Waals surface area (Å²) in [5.74, 6) is 0.906. The molecule has 8 heteroatoms. The number of ether oxygens (including phenoxy) is 3. The van der Waals surface area contributed by atoms with Crippen molar-refractivity contribution < 1.29 is 23.8 Å². The van der Waals surface area contributed by atoms with E-state index in [0.717, 1.165) is 40.8 Å². The van der Waals surface area contributed by atoms with Gasteiger partial charge < -0.3 is 14.2 Å². The summed E-state index contributed by atoms with van der Waals surface area (Å²) in [4.78, 5) is 28.4. The number of likely N-dealkylation sites (tertiary alicyclic amines) is 1. The van der Waals surface area contributed by atoms with Crippen molar-refractivity contribution in [2.45, 2.75) is 58.5 Å². The van der Waals surface area contributed by atoms with Gasteiger partial charge in [-0.1, -0.05) is 24.1 Å². The van der Waals surface area contributed by atoms with Gasteiger partial charge in [-0.2, -0.15) is 5.10 Å². The van der Waals surface area contributed by atoms with Gasteiger partial charge in [0.05, 0.1) is 39.1 Å². The molecule has 2 aliphatic rings. The zero-order valence-corrected chi connectivity index (χ0v) is 22.5. The Bertz CT molecular complexity index is 1180. The smallest absolute Gasteiger partial charge is 0.323 e. The molecule has 0 bridgehead atoms. The quantitative estimate of drug-likeness (QED) is 0.492. The summed E-state index contributed by atoms with van der Waals surface area (Å²) >= 11 is 0. The largest absolute Gasteiger partial charge is 0.497 e. The molecule has 2 atom stereocenters. The Balaban J connectivity index is 1.68. The minimum atomic E-state index is -0.406. The van der Waals surface area contributed by atoms with Gasteiger partial charge in [0, 0.05) is 23.6 Å². The third kappa shape index (κ3) is 5.80. The maximum atomic E-state index is 13.8. The second-order valence-electron chi connectivity index (χ2n) is 9.67. The van der Waals surface area contributed by atoms with E-state index in [1.54, 1.807) is 26.2 Å². The van der Waals surface area contributed by atoms with Crippen LogP contribution in [-0.2, 0) is 14.3 Å². The number of amides is 1. The summed E-state index contributed by atoms with van der Waals surface area (Å²) in [6, 6.07) is 11.2. The summed E-state index contributed by atoms with van der Waals surface area (Å²) in [7, 11) is 3.23. The van der Waals surface area contributed by atoms with Crippen LogP contribution < -0.4 is 9.47 Å². The number of rotatable bonds is 8. The molecule has 1 amide bonds. The van der Waals surface area contributed by atoms with E-state index in [4.69, 9.17) is 19.3 Å². The summed E-state index contributed by atoms with van der Waals surface area (Å²) in [5, 5.41) is 6.46. The molecule has 198 valence electrons. The van der Waals surface area contributed by atoms with E-state index in [0.29, 0.717) is 37.5 Å². The first-order chi connectivity index (χ1) is 17.9. The molecule has 4 rings (SSSR count). The fourth-order valence-corrected chi connectivity index (χ4v) is 5.22. The normalized spacial score (nSPS) is 19.9. The van der Waals surface area contributed by atoms with Gasteiger partial charge in [-0.3, -0.25) is 14.5 Å². The maximum Gasteiger partial charge on any atom is 0.323 e. The fraction of sp³-hybridized carbons (Fsp3) is 0.483. The van der Waals surface area contributed by atoms with Gasteiger partial charge in [0.15, 0.2) is 0 Å². The highest BCUT2D eigenvalue weighted by atomic mass is 16.5. The van der Waals surface area contributed by atoms with Gasteiger partial charge in [-0.05, 0) is 63.9 Å². The van der Waals surface area contributed by atoms with Crippen molar-refractivity contribution in [2.75, 3.05) is 33.9 Å². The van der Waals surface area contributed by atoms with Crippen molar-refractivity contribution in [3.05, 3.63) is 58.7 Å². The molecule has 0 radical (unpaired) electrons. The van der Waals surface area contributed by atoms with Gasteiger partial charge in [-0.15, -0.1) is 0 Å². The number of nitrogens with zero attached hydrogens (tertiary/aromatic N) is 3. The molecule has 0 aliphatic carbocycles. The van der Waals surface area contributed by atoms with Crippen molar-refractivity contribution in [3.63, 3.8) is 0 Å². The van der Waals surface area contributed by atoms with E-state index in [2.05, 4.69) is 32.0 Å². The van der Waals surface area contributed by atoms with Crippen molar-refractivity contribution in [3.8, 4) is 11.5 Å². The number of carbonyl (C=O) groups excluding carboxylic acids is 2. The molecule has 0 spiro atoms. The average Bonchev–Trinajstić information content (AvgIpc) is 3.35. The molecule has 2 unspecified atom stereocenters. The topological polar surface area (TPSA) is 80.7 Å². The van der Waals surface area contributed by atoms with Crippen LogP contribution in [0.1, 0.15) is 60.9 Å². The van der Waals surface area contributed by atoms with E-state index in [1.165, 1.54) is 0 Å². The predicted octanol–water partition coefficient (Wildman–Crippen LogP) is 4.42. The molecule has 0 aromatic heterocycles. The predicted molar refractivity (Wildman–Crippen MR) is 142 cm³/mol. The Hall–Kier alpha value is -3.39.